The lowest BCUT2D eigenvalue weighted by molar-refractivity contribution is 0.597. The second-order valence-corrected chi connectivity index (χ2v) is 10.3. The first kappa shape index (κ1) is 17.1. The summed E-state index contributed by atoms with van der Waals surface area (Å²) >= 11 is 3.49. The molecule has 0 N–H and O–H groups in total. The van der Waals surface area contributed by atoms with Crippen LogP contribution in [0.3, 0.4) is 0 Å². The van der Waals surface area contributed by atoms with Crippen LogP contribution >= 0.6 is 22.7 Å². The molecule has 0 aliphatic carbocycles. The van der Waals surface area contributed by atoms with Crippen LogP contribution in [0.1, 0.15) is 26.3 Å². The van der Waals surface area contributed by atoms with E-state index in [1.54, 1.807) is 23.9 Å². The van der Waals surface area contributed by atoms with Crippen LogP contribution in [-0.4, -0.2) is 9.97 Å². The van der Waals surface area contributed by atoms with E-state index in [1.807, 2.05) is 17.4 Å². The minimum Gasteiger partial charge on any atom is -0.463 e. The molecule has 29 heavy (non-hydrogen) atoms. The molecule has 0 bridgehead atoms. The zero-order valence-electron chi connectivity index (χ0n) is 16.3. The van der Waals surface area contributed by atoms with Gasteiger partial charge in [0.15, 0.2) is 5.58 Å². The molecule has 0 atom stereocenters. The van der Waals surface area contributed by atoms with Crippen LogP contribution in [0.4, 0.5) is 0 Å². The van der Waals surface area contributed by atoms with Crippen molar-refractivity contribution >= 4 is 64.0 Å². The summed E-state index contributed by atoms with van der Waals surface area (Å²) in [5, 5.41) is 6.84. The highest BCUT2D eigenvalue weighted by atomic mass is 32.1. The van der Waals surface area contributed by atoms with Crippen LogP contribution < -0.4 is 0 Å². The molecule has 6 rings (SSSR count). The molecule has 6 aromatic rings. The van der Waals surface area contributed by atoms with Gasteiger partial charge >= 0.3 is 0 Å². The Morgan fingerprint density at radius 2 is 1.83 bits per heavy atom. The molecule has 0 radical (unpaired) electrons. The van der Waals surface area contributed by atoms with Gasteiger partial charge in [-0.25, -0.2) is 9.97 Å². The zero-order valence-corrected chi connectivity index (χ0v) is 17.9. The summed E-state index contributed by atoms with van der Waals surface area (Å²) in [7, 11) is 0. The van der Waals surface area contributed by atoms with Gasteiger partial charge in [0, 0.05) is 26.4 Å². The third kappa shape index (κ3) is 2.47. The molecule has 142 valence electrons. The lowest BCUT2D eigenvalue weighted by Crippen LogP contribution is -2.11. The summed E-state index contributed by atoms with van der Waals surface area (Å²) in [6.07, 6.45) is 3.43. The van der Waals surface area contributed by atoms with Gasteiger partial charge in [-0.3, -0.25) is 0 Å². The van der Waals surface area contributed by atoms with Crippen LogP contribution in [0.2, 0.25) is 0 Å². The quantitative estimate of drug-likeness (QED) is 0.276. The minimum absolute atomic E-state index is 0.0578. The van der Waals surface area contributed by atoms with Crippen LogP contribution in [0, 0.1) is 0 Å². The second kappa shape index (κ2) is 5.88. The van der Waals surface area contributed by atoms with Crippen LogP contribution in [0.5, 0.6) is 0 Å². The normalized spacial score (nSPS) is 12.7. The van der Waals surface area contributed by atoms with Gasteiger partial charge in [-0.15, -0.1) is 22.7 Å². The van der Waals surface area contributed by atoms with Gasteiger partial charge in [-0.2, -0.15) is 0 Å². The third-order valence-corrected chi connectivity index (χ3v) is 7.57. The number of thiophene rings is 2. The third-order valence-electron chi connectivity index (χ3n) is 5.49. The first-order valence-corrected chi connectivity index (χ1v) is 11.3. The monoisotopic (exact) mass is 414 g/mol. The number of rotatable bonds is 1. The lowest BCUT2D eigenvalue weighted by Gasteiger charge is -2.21. The van der Waals surface area contributed by atoms with Crippen molar-refractivity contribution in [2.75, 3.05) is 0 Å². The zero-order chi connectivity index (χ0) is 19.8. The number of aromatic nitrogens is 2. The second-order valence-electron chi connectivity index (χ2n) is 8.40. The Labute approximate surface area is 175 Å². The van der Waals surface area contributed by atoms with E-state index in [0.717, 1.165) is 42.5 Å². The number of nitrogens with zero attached hydrogens (tertiary/aromatic N) is 2. The summed E-state index contributed by atoms with van der Waals surface area (Å²) < 4.78 is 8.28. The Balaban J connectivity index is 1.73. The smallest absolute Gasteiger partial charge is 0.151 e. The number of fused-ring (bicyclic) bond motifs is 6. The maximum absolute atomic E-state index is 5.78. The number of hydrogen-bond donors (Lipinski definition) is 0. The maximum Gasteiger partial charge on any atom is 0.151 e. The van der Waals surface area contributed by atoms with Crippen molar-refractivity contribution in [1.82, 2.24) is 9.97 Å². The minimum atomic E-state index is 0.0578. The fourth-order valence-corrected chi connectivity index (χ4v) is 6.33. The first-order valence-electron chi connectivity index (χ1n) is 9.56. The highest BCUT2D eigenvalue weighted by Crippen LogP contribution is 2.43. The molecule has 0 saturated heterocycles. The van der Waals surface area contributed by atoms with E-state index in [4.69, 9.17) is 9.40 Å². The largest absolute Gasteiger partial charge is 0.463 e. The van der Waals surface area contributed by atoms with Crippen molar-refractivity contribution in [2.45, 2.75) is 26.2 Å². The van der Waals surface area contributed by atoms with Crippen molar-refractivity contribution in [3.05, 3.63) is 59.9 Å². The van der Waals surface area contributed by atoms with Crippen LogP contribution in [0.25, 0.3) is 52.6 Å². The molecule has 0 amide bonds. The van der Waals surface area contributed by atoms with E-state index in [0.29, 0.717) is 0 Å². The standard InChI is InChI=1S/C24H18N2OS2/c1-24(2,3)17-11-15(10-14-7-9-28-21(14)17)19-18-16-5-4-13-6-8-27-20(13)22(16)29-23(18)26-12-25-19/h4-12H,1-3H3. The van der Waals surface area contributed by atoms with Gasteiger partial charge in [-0.05, 0) is 46.0 Å². The van der Waals surface area contributed by atoms with Gasteiger partial charge in [0.05, 0.1) is 16.7 Å². The average Bonchev–Trinajstić information content (AvgIpc) is 3.42. The Kier molecular flexibility index (Phi) is 3.47. The number of hydrogen-bond acceptors (Lipinski definition) is 5. The van der Waals surface area contributed by atoms with Crippen molar-refractivity contribution in [3.63, 3.8) is 0 Å². The van der Waals surface area contributed by atoms with Gasteiger partial charge < -0.3 is 4.42 Å². The Morgan fingerprint density at radius 3 is 2.69 bits per heavy atom. The maximum atomic E-state index is 5.78. The van der Waals surface area contributed by atoms with Crippen LogP contribution in [-0.2, 0) is 5.41 Å². The molecular formula is C24H18N2OS2. The fraction of sp³-hybridized carbons (Fsp3) is 0.167. The molecule has 4 heterocycles. The summed E-state index contributed by atoms with van der Waals surface area (Å²) in [6, 6.07) is 13.1. The van der Waals surface area contributed by atoms with E-state index in [2.05, 4.69) is 61.5 Å². The van der Waals surface area contributed by atoms with E-state index in [1.165, 1.54) is 15.6 Å². The Hall–Kier alpha value is -2.76. The molecule has 0 fully saturated rings. The molecule has 4 aromatic heterocycles. The van der Waals surface area contributed by atoms with Gasteiger partial charge in [-0.1, -0.05) is 32.9 Å². The molecule has 0 aliphatic heterocycles. The van der Waals surface area contributed by atoms with Crippen molar-refractivity contribution in [1.29, 1.82) is 0 Å². The molecule has 0 unspecified atom stereocenters. The van der Waals surface area contributed by atoms with Crippen molar-refractivity contribution in [3.8, 4) is 11.3 Å². The molecule has 3 nitrogen and oxygen atoms in total. The van der Waals surface area contributed by atoms with E-state index < -0.39 is 0 Å². The van der Waals surface area contributed by atoms with Gasteiger partial charge in [0.25, 0.3) is 0 Å². The van der Waals surface area contributed by atoms with Gasteiger partial charge in [0.2, 0.25) is 0 Å². The Bertz CT molecular complexity index is 1550. The predicted octanol–water partition coefficient (Wildman–Crippen LogP) is 7.77. The summed E-state index contributed by atoms with van der Waals surface area (Å²) in [4.78, 5) is 10.3. The molecular weight excluding hydrogens is 396 g/mol. The van der Waals surface area contributed by atoms with Crippen molar-refractivity contribution < 1.29 is 4.42 Å². The molecule has 0 aliphatic rings. The molecule has 5 heteroatoms. The summed E-state index contributed by atoms with van der Waals surface area (Å²) in [6.45, 7) is 6.82. The predicted molar refractivity (Wildman–Crippen MR) is 124 cm³/mol. The van der Waals surface area contributed by atoms with Crippen LogP contribution in [0.15, 0.2) is 58.8 Å². The molecule has 2 aromatic carbocycles. The lowest BCUT2D eigenvalue weighted by atomic mass is 9.85. The number of benzene rings is 2. The number of furan rings is 1. The van der Waals surface area contributed by atoms with Crippen molar-refractivity contribution in [2.24, 2.45) is 0 Å². The van der Waals surface area contributed by atoms with E-state index in [-0.39, 0.29) is 5.41 Å². The highest BCUT2D eigenvalue weighted by Gasteiger charge is 2.21. The van der Waals surface area contributed by atoms with E-state index >= 15 is 0 Å². The average molecular weight is 415 g/mol. The first-order chi connectivity index (χ1) is 14.0. The Morgan fingerprint density at radius 1 is 0.931 bits per heavy atom. The van der Waals surface area contributed by atoms with Gasteiger partial charge in [0.1, 0.15) is 11.2 Å². The highest BCUT2D eigenvalue weighted by molar-refractivity contribution is 7.26. The fourth-order valence-electron chi connectivity index (χ4n) is 4.09. The summed E-state index contributed by atoms with van der Waals surface area (Å²) in [5.74, 6) is 0. The van der Waals surface area contributed by atoms with E-state index in [9.17, 15) is 0 Å². The SMILES string of the molecule is CC(C)(C)c1cc(-c2ncnc3sc4c(ccc5ccoc54)c23)cc2ccsc12. The molecule has 0 spiro atoms. The molecule has 0 saturated carbocycles. The summed E-state index contributed by atoms with van der Waals surface area (Å²) in [5.41, 5.74) is 4.49. The topological polar surface area (TPSA) is 38.9 Å².